The van der Waals surface area contributed by atoms with Crippen LogP contribution in [-0.2, 0) is 38.1 Å². The second kappa shape index (κ2) is 13.4. The maximum absolute atomic E-state index is 13.5. The molecule has 0 aliphatic carbocycles. The van der Waals surface area contributed by atoms with Crippen molar-refractivity contribution in [1.82, 2.24) is 4.90 Å². The lowest BCUT2D eigenvalue weighted by Crippen LogP contribution is -2.65. The zero-order chi connectivity index (χ0) is 34.1. The van der Waals surface area contributed by atoms with Crippen LogP contribution in [0.4, 0.5) is 0 Å². The lowest BCUT2D eigenvalue weighted by molar-refractivity contribution is -0.257. The standard InChI is InChI=1S/C35H49NO9/c1-20(2)23-17-24(37)22(26(38)21-15-13-12-14-16-21)18-36(23)29-28(45-32(41)35(9,10)11)27(44-31(40)34(6,7)8)25(19-42-29)43-30(39)33(3,4)5/h12-16,18,20,23,25,27-29H,17,19H2,1-11H3/t23-,25-,27-,28+,29+/m1/s1. The van der Waals surface area contributed by atoms with Crippen LogP contribution in [0.25, 0.3) is 0 Å². The molecule has 45 heavy (non-hydrogen) atoms. The van der Waals surface area contributed by atoms with Crippen LogP contribution in [0, 0.1) is 22.2 Å². The van der Waals surface area contributed by atoms with Gasteiger partial charge in [0.1, 0.15) is 0 Å². The molecule has 0 radical (unpaired) electrons. The van der Waals surface area contributed by atoms with Crippen molar-refractivity contribution in [2.45, 2.75) is 113 Å². The first kappa shape index (κ1) is 35.9. The summed E-state index contributed by atoms with van der Waals surface area (Å²) in [6, 6.07) is 8.04. The van der Waals surface area contributed by atoms with Gasteiger partial charge in [-0.3, -0.25) is 24.0 Å². The van der Waals surface area contributed by atoms with Gasteiger partial charge in [-0.15, -0.1) is 0 Å². The number of esters is 3. The van der Waals surface area contributed by atoms with Crippen LogP contribution in [0.1, 0.15) is 92.9 Å². The summed E-state index contributed by atoms with van der Waals surface area (Å²) in [6.45, 7) is 18.9. The summed E-state index contributed by atoms with van der Waals surface area (Å²) in [5.41, 5.74) is -2.44. The number of rotatable bonds is 7. The predicted molar refractivity (Wildman–Crippen MR) is 167 cm³/mol. The fraction of sp³-hybridized carbons (Fsp3) is 0.629. The Balaban J connectivity index is 2.18. The summed E-state index contributed by atoms with van der Waals surface area (Å²) in [5, 5.41) is 0. The van der Waals surface area contributed by atoms with Crippen molar-refractivity contribution >= 4 is 29.5 Å². The van der Waals surface area contributed by atoms with E-state index in [1.807, 2.05) is 13.8 Å². The van der Waals surface area contributed by atoms with E-state index in [0.717, 1.165) is 0 Å². The Morgan fingerprint density at radius 1 is 0.778 bits per heavy atom. The van der Waals surface area contributed by atoms with E-state index < -0.39 is 70.5 Å². The van der Waals surface area contributed by atoms with E-state index in [1.54, 1.807) is 97.5 Å². The molecule has 0 bridgehead atoms. The minimum absolute atomic E-state index is 0.0107. The van der Waals surface area contributed by atoms with Crippen LogP contribution >= 0.6 is 0 Å². The van der Waals surface area contributed by atoms with E-state index in [9.17, 15) is 24.0 Å². The quantitative estimate of drug-likeness (QED) is 0.171. The van der Waals surface area contributed by atoms with Gasteiger partial charge in [-0.2, -0.15) is 0 Å². The van der Waals surface area contributed by atoms with E-state index in [-0.39, 0.29) is 30.3 Å². The Morgan fingerprint density at radius 2 is 1.27 bits per heavy atom. The number of ether oxygens (including phenoxy) is 4. The number of carbonyl (C=O) groups is 5. The SMILES string of the molecule is CC(C)[C@H]1CC(=O)C(C(=O)c2ccccc2)=CN1[C@H]1OC[C@@H](OC(=O)C(C)(C)C)[C@@H](OC(=O)C(C)(C)C)[C@@H]1OC(=O)C(C)(C)C. The highest BCUT2D eigenvalue weighted by Gasteiger charge is 2.53. The molecule has 0 N–H and O–H groups in total. The third kappa shape index (κ3) is 8.60. The average Bonchev–Trinajstić information content (AvgIpc) is 2.93. The highest BCUT2D eigenvalue weighted by Crippen LogP contribution is 2.36. The monoisotopic (exact) mass is 627 g/mol. The number of allylic oxidation sites excluding steroid dienone is 1. The molecule has 0 unspecified atom stereocenters. The van der Waals surface area contributed by atoms with Crippen molar-refractivity contribution in [3.05, 3.63) is 47.7 Å². The number of nitrogens with zero attached hydrogens (tertiary/aromatic N) is 1. The van der Waals surface area contributed by atoms with Crippen molar-refractivity contribution in [2.24, 2.45) is 22.2 Å². The highest BCUT2D eigenvalue weighted by molar-refractivity contribution is 6.26. The van der Waals surface area contributed by atoms with Crippen molar-refractivity contribution in [3.63, 3.8) is 0 Å². The Bertz CT molecular complexity index is 1310. The molecule has 5 atom stereocenters. The van der Waals surface area contributed by atoms with Gasteiger partial charge in [0.05, 0.1) is 28.4 Å². The molecule has 3 rings (SSSR count). The molecule has 1 fully saturated rings. The minimum Gasteiger partial charge on any atom is -0.455 e. The van der Waals surface area contributed by atoms with Gasteiger partial charge in [0.2, 0.25) is 0 Å². The van der Waals surface area contributed by atoms with Gasteiger partial charge in [-0.05, 0) is 68.2 Å². The number of hydrogen-bond acceptors (Lipinski definition) is 10. The molecule has 0 aromatic heterocycles. The molecule has 248 valence electrons. The van der Waals surface area contributed by atoms with Gasteiger partial charge in [-0.1, -0.05) is 44.2 Å². The fourth-order valence-electron chi connectivity index (χ4n) is 4.79. The van der Waals surface area contributed by atoms with Crippen molar-refractivity contribution < 1.29 is 42.9 Å². The van der Waals surface area contributed by atoms with Crippen LogP contribution in [0.5, 0.6) is 0 Å². The highest BCUT2D eigenvalue weighted by atomic mass is 16.6. The van der Waals surface area contributed by atoms with Crippen LogP contribution in [0.3, 0.4) is 0 Å². The lowest BCUT2D eigenvalue weighted by atomic mass is 9.87. The third-order valence-electron chi connectivity index (χ3n) is 7.68. The van der Waals surface area contributed by atoms with Crippen LogP contribution in [0.15, 0.2) is 42.1 Å². The second-order valence-electron chi connectivity index (χ2n) is 15.3. The van der Waals surface area contributed by atoms with Gasteiger partial charge in [0.25, 0.3) is 0 Å². The molecule has 2 aliphatic heterocycles. The Labute approximate surface area is 266 Å². The molecule has 10 nitrogen and oxygen atoms in total. The third-order valence-corrected chi connectivity index (χ3v) is 7.68. The molecule has 1 aromatic rings. The summed E-state index contributed by atoms with van der Waals surface area (Å²) in [7, 11) is 0. The van der Waals surface area contributed by atoms with Gasteiger partial charge in [0.15, 0.2) is 36.1 Å². The first-order valence-corrected chi connectivity index (χ1v) is 15.5. The smallest absolute Gasteiger partial charge is 0.311 e. The van der Waals surface area contributed by atoms with Crippen LogP contribution in [0.2, 0.25) is 0 Å². The Kier molecular flexibility index (Phi) is 10.7. The first-order valence-electron chi connectivity index (χ1n) is 15.5. The molecule has 10 heteroatoms. The van der Waals surface area contributed by atoms with Crippen molar-refractivity contribution in [2.75, 3.05) is 6.61 Å². The maximum Gasteiger partial charge on any atom is 0.311 e. The lowest BCUT2D eigenvalue weighted by Gasteiger charge is -2.49. The maximum atomic E-state index is 13.5. The van der Waals surface area contributed by atoms with E-state index >= 15 is 0 Å². The Morgan fingerprint density at radius 3 is 1.76 bits per heavy atom. The van der Waals surface area contributed by atoms with E-state index in [2.05, 4.69) is 0 Å². The zero-order valence-corrected chi connectivity index (χ0v) is 28.5. The van der Waals surface area contributed by atoms with Gasteiger partial charge in [0, 0.05) is 24.2 Å². The van der Waals surface area contributed by atoms with Gasteiger partial charge < -0.3 is 23.8 Å². The summed E-state index contributed by atoms with van der Waals surface area (Å²) in [4.78, 5) is 68.4. The predicted octanol–water partition coefficient (Wildman–Crippen LogP) is 5.28. The molecular formula is C35H49NO9. The van der Waals surface area contributed by atoms with E-state index in [1.165, 1.54) is 6.20 Å². The molecule has 0 amide bonds. The topological polar surface area (TPSA) is 126 Å². The fourth-order valence-corrected chi connectivity index (χ4v) is 4.79. The molecule has 0 saturated carbocycles. The minimum atomic E-state index is -1.28. The average molecular weight is 628 g/mol. The van der Waals surface area contributed by atoms with Crippen LogP contribution < -0.4 is 0 Å². The largest absolute Gasteiger partial charge is 0.455 e. The number of benzene rings is 1. The molecule has 2 aliphatic rings. The summed E-state index contributed by atoms with van der Waals surface area (Å²) >= 11 is 0. The molecule has 2 heterocycles. The van der Waals surface area contributed by atoms with Crippen molar-refractivity contribution in [3.8, 4) is 0 Å². The molecule has 1 saturated heterocycles. The van der Waals surface area contributed by atoms with Crippen LogP contribution in [-0.4, -0.2) is 71.6 Å². The molecule has 1 aromatic carbocycles. The zero-order valence-electron chi connectivity index (χ0n) is 28.5. The number of Topliss-reactive ketones (excluding diaryl/α,β-unsaturated/α-hetero) is 2. The number of hydrogen-bond donors (Lipinski definition) is 0. The summed E-state index contributed by atoms with van der Waals surface area (Å²) in [5.74, 6) is -2.59. The normalized spacial score (nSPS) is 24.5. The number of carbonyl (C=O) groups excluding carboxylic acids is 5. The Hall–Kier alpha value is -3.53. The van der Waals surface area contributed by atoms with Gasteiger partial charge in [-0.25, -0.2) is 0 Å². The van der Waals surface area contributed by atoms with Crippen molar-refractivity contribution in [1.29, 1.82) is 0 Å². The first-order chi connectivity index (χ1) is 20.6. The summed E-state index contributed by atoms with van der Waals surface area (Å²) in [6.07, 6.45) is -3.24. The number of ketones is 2. The summed E-state index contributed by atoms with van der Waals surface area (Å²) < 4.78 is 24.3. The van der Waals surface area contributed by atoms with E-state index in [4.69, 9.17) is 18.9 Å². The second-order valence-corrected chi connectivity index (χ2v) is 15.3. The molecular weight excluding hydrogens is 578 g/mol. The van der Waals surface area contributed by atoms with E-state index in [0.29, 0.717) is 5.56 Å². The van der Waals surface area contributed by atoms with Gasteiger partial charge >= 0.3 is 17.9 Å². The molecule has 0 spiro atoms.